The van der Waals surface area contributed by atoms with Gasteiger partial charge in [-0.05, 0) is 81.1 Å². The Labute approximate surface area is 223 Å². The summed E-state index contributed by atoms with van der Waals surface area (Å²) in [5, 5.41) is 20.2. The number of hydrogen-bond acceptors (Lipinski definition) is 5. The Bertz CT molecular complexity index is 1160. The molecule has 12 heteroatoms. The third-order valence-corrected chi connectivity index (χ3v) is 6.62. The Morgan fingerprint density at radius 1 is 1.00 bits per heavy atom. The molecule has 38 heavy (non-hydrogen) atoms. The van der Waals surface area contributed by atoms with Crippen LogP contribution in [0.1, 0.15) is 46.4 Å². The lowest BCUT2D eigenvalue weighted by Gasteiger charge is -2.36. The van der Waals surface area contributed by atoms with Gasteiger partial charge in [0.15, 0.2) is 0 Å². The van der Waals surface area contributed by atoms with Crippen LogP contribution in [0.5, 0.6) is 0 Å². The van der Waals surface area contributed by atoms with E-state index in [-0.39, 0.29) is 11.5 Å². The first-order valence-electron chi connectivity index (χ1n) is 12.2. The van der Waals surface area contributed by atoms with Crippen LogP contribution in [0.25, 0.3) is 0 Å². The molecular weight excluding hydrogens is 527 g/mol. The molecule has 1 atom stereocenters. The number of likely N-dealkylation sites (tertiary alicyclic amines) is 1. The van der Waals surface area contributed by atoms with Crippen molar-refractivity contribution in [3.63, 3.8) is 0 Å². The van der Waals surface area contributed by atoms with Gasteiger partial charge in [-0.2, -0.15) is 13.2 Å². The van der Waals surface area contributed by atoms with Crippen molar-refractivity contribution in [2.75, 3.05) is 42.9 Å². The summed E-state index contributed by atoms with van der Waals surface area (Å²) in [5.41, 5.74) is 1.82. The fourth-order valence-electron chi connectivity index (χ4n) is 4.66. The molecule has 2 aliphatic rings. The van der Waals surface area contributed by atoms with E-state index >= 15 is 0 Å². The minimum absolute atomic E-state index is 0.214. The highest BCUT2D eigenvalue weighted by Gasteiger charge is 2.38. The lowest BCUT2D eigenvalue weighted by molar-refractivity contribution is -0.192. The predicted molar refractivity (Wildman–Crippen MR) is 137 cm³/mol. The van der Waals surface area contributed by atoms with Crippen LogP contribution in [0, 0.1) is 5.92 Å². The Kier molecular flexibility index (Phi) is 9.98. The molecule has 2 aromatic carbocycles. The van der Waals surface area contributed by atoms with Gasteiger partial charge in [-0.1, -0.05) is 17.7 Å². The van der Waals surface area contributed by atoms with Gasteiger partial charge in [-0.25, -0.2) is 9.59 Å². The molecule has 2 heterocycles. The van der Waals surface area contributed by atoms with E-state index in [0.717, 1.165) is 31.7 Å². The summed E-state index contributed by atoms with van der Waals surface area (Å²) >= 11 is 5.96. The molecule has 3 N–H and O–H groups in total. The van der Waals surface area contributed by atoms with Gasteiger partial charge < -0.3 is 25.3 Å². The van der Waals surface area contributed by atoms with Crippen molar-refractivity contribution in [3.8, 4) is 0 Å². The topological polar surface area (TPSA) is 110 Å². The number of aliphatic carboxylic acids is 1. The van der Waals surface area contributed by atoms with Gasteiger partial charge >= 0.3 is 18.1 Å². The maximum atomic E-state index is 12.5. The zero-order chi connectivity index (χ0) is 27.9. The summed E-state index contributed by atoms with van der Waals surface area (Å²) in [6.45, 7) is 5.17. The molecule has 0 bridgehead atoms. The molecule has 2 fully saturated rings. The molecule has 206 valence electrons. The molecule has 1 unspecified atom stereocenters. The average molecular weight is 556 g/mol. The predicted octanol–water partition coefficient (Wildman–Crippen LogP) is 5.24. The highest BCUT2D eigenvalue weighted by Crippen LogP contribution is 2.30. The number of halogens is 4. The highest BCUT2D eigenvalue weighted by molar-refractivity contribution is 6.31. The average Bonchev–Trinajstić information content (AvgIpc) is 3.37. The number of carbonyl (C=O) groups is 3. The van der Waals surface area contributed by atoms with Gasteiger partial charge in [0.1, 0.15) is 0 Å². The van der Waals surface area contributed by atoms with E-state index in [0.29, 0.717) is 22.2 Å². The Morgan fingerprint density at radius 2 is 1.68 bits per heavy atom. The first-order chi connectivity index (χ1) is 17.9. The summed E-state index contributed by atoms with van der Waals surface area (Å²) in [6, 6.07) is 11.8. The lowest BCUT2D eigenvalue weighted by atomic mass is 9.96. The molecule has 2 aliphatic heterocycles. The van der Waals surface area contributed by atoms with Crippen molar-refractivity contribution < 1.29 is 37.8 Å². The quantitative estimate of drug-likeness (QED) is 0.447. The molecule has 2 aromatic rings. The minimum Gasteiger partial charge on any atom is -0.478 e. The van der Waals surface area contributed by atoms with Crippen LogP contribution in [0.15, 0.2) is 42.5 Å². The number of carboxylic acids is 2. The van der Waals surface area contributed by atoms with Crippen LogP contribution >= 0.6 is 11.6 Å². The minimum atomic E-state index is -5.08. The number of rotatable bonds is 6. The fraction of sp³-hybridized carbons (Fsp3) is 0.423. The fourth-order valence-corrected chi connectivity index (χ4v) is 4.85. The molecule has 0 spiro atoms. The number of carboxylic acid groups (broad SMARTS) is 2. The van der Waals surface area contributed by atoms with Gasteiger partial charge in [0.2, 0.25) is 0 Å². The van der Waals surface area contributed by atoms with Gasteiger partial charge in [-0.3, -0.25) is 4.79 Å². The number of nitrogens with zero attached hydrogens (tertiary/aromatic N) is 2. The van der Waals surface area contributed by atoms with Crippen LogP contribution in [0.4, 0.5) is 24.5 Å². The molecule has 0 saturated carbocycles. The van der Waals surface area contributed by atoms with Crippen LogP contribution in [0.3, 0.4) is 0 Å². The number of hydrogen-bond donors (Lipinski definition) is 3. The van der Waals surface area contributed by atoms with Crippen molar-refractivity contribution in [2.45, 2.75) is 31.9 Å². The number of amides is 1. The second-order valence-electron chi connectivity index (χ2n) is 9.27. The smallest absolute Gasteiger partial charge is 0.478 e. The summed E-state index contributed by atoms with van der Waals surface area (Å²) in [7, 11) is 0. The number of aromatic carboxylic acids is 1. The molecule has 2 saturated heterocycles. The van der Waals surface area contributed by atoms with E-state index in [1.165, 1.54) is 32.4 Å². The van der Waals surface area contributed by atoms with Gasteiger partial charge in [-0.15, -0.1) is 0 Å². The number of anilines is 2. The summed E-state index contributed by atoms with van der Waals surface area (Å²) in [5.74, 6) is -3.52. The number of piperidine rings is 1. The normalized spacial score (nSPS) is 17.9. The standard InChI is InChI=1S/C24H28ClN3O3.C2HF3O2/c25-19-7-3-6-18(13-19)23(29)26-20-8-9-22(21(14-20)24(30)31)28-12-4-5-17(16-28)15-27-10-1-2-11-27;3-2(4,5)1(6)7/h3,6-9,13-14,17H,1-2,4-5,10-12,15-16H2,(H,26,29)(H,30,31);(H,6,7). The number of nitrogens with one attached hydrogen (secondary N) is 1. The first kappa shape index (κ1) is 29.2. The largest absolute Gasteiger partial charge is 0.490 e. The van der Waals surface area contributed by atoms with E-state index in [1.54, 1.807) is 36.4 Å². The van der Waals surface area contributed by atoms with Crippen molar-refractivity contribution in [3.05, 3.63) is 58.6 Å². The molecule has 1 amide bonds. The second-order valence-corrected chi connectivity index (χ2v) is 9.70. The monoisotopic (exact) mass is 555 g/mol. The van der Waals surface area contributed by atoms with Gasteiger partial charge in [0.25, 0.3) is 5.91 Å². The maximum absolute atomic E-state index is 12.5. The first-order valence-corrected chi connectivity index (χ1v) is 12.5. The van der Waals surface area contributed by atoms with Gasteiger partial charge in [0, 0.05) is 35.9 Å². The summed E-state index contributed by atoms with van der Waals surface area (Å²) in [6.07, 6.45) is -0.280. The van der Waals surface area contributed by atoms with Crippen LogP contribution < -0.4 is 10.2 Å². The van der Waals surface area contributed by atoms with Crippen molar-refractivity contribution >= 4 is 40.8 Å². The van der Waals surface area contributed by atoms with E-state index in [9.17, 15) is 27.9 Å². The van der Waals surface area contributed by atoms with Crippen molar-refractivity contribution in [2.24, 2.45) is 5.92 Å². The molecular formula is C26H29ClF3N3O5. The number of carbonyl (C=O) groups excluding carboxylic acids is 1. The summed E-state index contributed by atoms with van der Waals surface area (Å²) < 4.78 is 31.7. The molecule has 0 aromatic heterocycles. The molecule has 8 nitrogen and oxygen atoms in total. The maximum Gasteiger partial charge on any atom is 0.490 e. The van der Waals surface area contributed by atoms with Crippen LogP contribution in [-0.2, 0) is 4.79 Å². The van der Waals surface area contributed by atoms with E-state index in [2.05, 4.69) is 15.1 Å². The van der Waals surface area contributed by atoms with Crippen LogP contribution in [0.2, 0.25) is 5.02 Å². The number of alkyl halides is 3. The zero-order valence-corrected chi connectivity index (χ0v) is 21.3. The lowest BCUT2D eigenvalue weighted by Crippen LogP contribution is -2.41. The highest BCUT2D eigenvalue weighted by atomic mass is 35.5. The Morgan fingerprint density at radius 3 is 2.29 bits per heavy atom. The molecule has 0 radical (unpaired) electrons. The Balaban J connectivity index is 0.000000505. The van der Waals surface area contributed by atoms with Crippen molar-refractivity contribution in [1.29, 1.82) is 0 Å². The van der Waals surface area contributed by atoms with Gasteiger partial charge in [0.05, 0.1) is 11.3 Å². The second kappa shape index (κ2) is 13.0. The SMILES string of the molecule is O=C(Nc1ccc(N2CCCC(CN3CCCC3)C2)c(C(=O)O)c1)c1cccc(Cl)c1.O=C(O)C(F)(F)F. The zero-order valence-electron chi connectivity index (χ0n) is 20.5. The Hall–Kier alpha value is -3.31. The van der Waals surface area contributed by atoms with E-state index in [4.69, 9.17) is 21.5 Å². The molecule has 4 rings (SSSR count). The third kappa shape index (κ3) is 8.35. The van der Waals surface area contributed by atoms with Crippen LogP contribution in [-0.4, -0.2) is 71.9 Å². The third-order valence-electron chi connectivity index (χ3n) is 6.39. The van der Waals surface area contributed by atoms with E-state index < -0.39 is 18.1 Å². The van der Waals surface area contributed by atoms with E-state index in [1.807, 2.05) is 6.07 Å². The summed E-state index contributed by atoms with van der Waals surface area (Å²) in [4.78, 5) is 38.1. The molecule has 0 aliphatic carbocycles. The number of benzene rings is 2. The van der Waals surface area contributed by atoms with Crippen molar-refractivity contribution in [1.82, 2.24) is 4.90 Å².